The molecule has 0 atom stereocenters. The first-order valence-electron chi connectivity index (χ1n) is 5.44. The summed E-state index contributed by atoms with van der Waals surface area (Å²) in [6.45, 7) is 1.78. The molecule has 1 heterocycles. The highest BCUT2D eigenvalue weighted by atomic mass is 19.1. The van der Waals surface area contributed by atoms with Crippen LogP contribution in [0.4, 0.5) is 15.0 Å². The number of amides is 3. The molecule has 0 saturated heterocycles. The van der Waals surface area contributed by atoms with Gasteiger partial charge in [0.1, 0.15) is 5.82 Å². The Morgan fingerprint density at radius 3 is 2.53 bits per heavy atom. The molecule has 3 N–H and O–H groups in total. The van der Waals surface area contributed by atoms with Gasteiger partial charge in [-0.25, -0.2) is 9.18 Å². The summed E-state index contributed by atoms with van der Waals surface area (Å²) >= 11 is 0. The highest BCUT2D eigenvalue weighted by molar-refractivity contribution is 6.07. The second-order valence-electron chi connectivity index (χ2n) is 3.85. The van der Waals surface area contributed by atoms with E-state index in [4.69, 9.17) is 0 Å². The van der Waals surface area contributed by atoms with E-state index in [0.717, 1.165) is 17.8 Å². The van der Waals surface area contributed by atoms with E-state index >= 15 is 0 Å². The Balaban J connectivity index is 1.95. The number of nitrogens with one attached hydrogen (secondary N) is 3. The van der Waals surface area contributed by atoms with E-state index in [1.165, 1.54) is 12.1 Å². The van der Waals surface area contributed by atoms with Crippen LogP contribution in [0, 0.1) is 12.7 Å². The van der Waals surface area contributed by atoms with Crippen LogP contribution in [-0.2, 0) is 0 Å². The molecule has 0 aliphatic rings. The van der Waals surface area contributed by atoms with Gasteiger partial charge in [-0.15, -0.1) is 0 Å². The molecular formula is C12H11FN4O2. The van der Waals surface area contributed by atoms with Crippen molar-refractivity contribution in [1.29, 1.82) is 0 Å². The molecule has 2 rings (SSSR count). The minimum atomic E-state index is -0.708. The molecule has 6 nitrogen and oxygen atoms in total. The minimum Gasteiger partial charge on any atom is -0.291 e. The highest BCUT2D eigenvalue weighted by Gasteiger charge is 2.11. The number of carbonyl (C=O) groups excluding carboxylic acids is 2. The molecule has 0 aliphatic heterocycles. The number of nitrogens with zero attached hydrogens (tertiary/aromatic N) is 1. The van der Waals surface area contributed by atoms with Crippen molar-refractivity contribution in [2.24, 2.45) is 0 Å². The number of urea groups is 1. The number of aromatic amines is 1. The minimum absolute atomic E-state index is 0.190. The maximum Gasteiger partial charge on any atom is 0.327 e. The van der Waals surface area contributed by atoms with Crippen LogP contribution in [0.5, 0.6) is 0 Å². The molecule has 0 fully saturated rings. The van der Waals surface area contributed by atoms with E-state index in [-0.39, 0.29) is 5.56 Å². The first-order valence-corrected chi connectivity index (χ1v) is 5.44. The molecule has 2 aromatic rings. The van der Waals surface area contributed by atoms with E-state index in [2.05, 4.69) is 20.8 Å². The fraction of sp³-hybridized carbons (Fsp3) is 0.0833. The lowest BCUT2D eigenvalue weighted by molar-refractivity contribution is 0.0967. The Labute approximate surface area is 108 Å². The Bertz CT molecular complexity index is 606. The number of halogens is 1. The fourth-order valence-electron chi connectivity index (χ4n) is 1.41. The third kappa shape index (κ3) is 3.38. The summed E-state index contributed by atoms with van der Waals surface area (Å²) in [6, 6.07) is 5.77. The molecular weight excluding hydrogens is 251 g/mol. The standard InChI is InChI=1S/C12H11FN4O2/c1-7-6-10(17-16-7)14-12(19)15-11(18)8-2-4-9(13)5-3-8/h2-6H,1H3,(H3,14,15,16,17,18,19). The van der Waals surface area contributed by atoms with Crippen LogP contribution < -0.4 is 10.6 Å². The van der Waals surface area contributed by atoms with Gasteiger partial charge in [0.15, 0.2) is 5.82 Å². The second-order valence-corrected chi connectivity index (χ2v) is 3.85. The van der Waals surface area contributed by atoms with Crippen LogP contribution in [0.3, 0.4) is 0 Å². The average Bonchev–Trinajstić information content (AvgIpc) is 2.75. The number of carbonyl (C=O) groups is 2. The number of hydrogen-bond donors (Lipinski definition) is 3. The van der Waals surface area contributed by atoms with Crippen molar-refractivity contribution in [3.05, 3.63) is 47.4 Å². The van der Waals surface area contributed by atoms with Gasteiger partial charge in [0.05, 0.1) is 0 Å². The second kappa shape index (κ2) is 5.30. The topological polar surface area (TPSA) is 86.9 Å². The van der Waals surface area contributed by atoms with Gasteiger partial charge in [-0.2, -0.15) is 5.10 Å². The molecule has 0 bridgehead atoms. The molecule has 0 unspecified atom stereocenters. The van der Waals surface area contributed by atoms with Gasteiger partial charge < -0.3 is 0 Å². The van der Waals surface area contributed by atoms with Crippen molar-refractivity contribution in [1.82, 2.24) is 15.5 Å². The molecule has 0 radical (unpaired) electrons. The molecule has 19 heavy (non-hydrogen) atoms. The number of H-pyrrole nitrogens is 1. The summed E-state index contributed by atoms with van der Waals surface area (Å²) < 4.78 is 12.7. The van der Waals surface area contributed by atoms with Gasteiger partial charge in [-0.05, 0) is 31.2 Å². The monoisotopic (exact) mass is 262 g/mol. The summed E-state index contributed by atoms with van der Waals surface area (Å²) in [4.78, 5) is 23.1. The first kappa shape index (κ1) is 12.7. The lowest BCUT2D eigenvalue weighted by Gasteiger charge is -2.04. The molecule has 0 saturated carbocycles. The smallest absolute Gasteiger partial charge is 0.291 e. The summed E-state index contributed by atoms with van der Waals surface area (Å²) in [6.07, 6.45) is 0. The first-order chi connectivity index (χ1) is 9.04. The maximum absolute atomic E-state index is 12.7. The van der Waals surface area contributed by atoms with Crippen molar-refractivity contribution in [2.75, 3.05) is 5.32 Å². The van der Waals surface area contributed by atoms with Gasteiger partial charge in [0.2, 0.25) is 0 Å². The van der Waals surface area contributed by atoms with E-state index < -0.39 is 17.8 Å². The zero-order chi connectivity index (χ0) is 13.8. The maximum atomic E-state index is 12.7. The number of aryl methyl sites for hydroxylation is 1. The van der Waals surface area contributed by atoms with Crippen LogP contribution in [0.25, 0.3) is 0 Å². The third-order valence-electron chi connectivity index (χ3n) is 2.28. The van der Waals surface area contributed by atoms with E-state index in [9.17, 15) is 14.0 Å². The van der Waals surface area contributed by atoms with Crippen LogP contribution in [0.15, 0.2) is 30.3 Å². The lowest BCUT2D eigenvalue weighted by Crippen LogP contribution is -2.34. The Kier molecular flexibility index (Phi) is 3.56. The van der Waals surface area contributed by atoms with Crippen molar-refractivity contribution in [3.63, 3.8) is 0 Å². The number of imide groups is 1. The molecule has 0 aliphatic carbocycles. The number of hydrogen-bond acceptors (Lipinski definition) is 3. The summed E-state index contributed by atoms with van der Waals surface area (Å²) in [7, 11) is 0. The predicted molar refractivity (Wildman–Crippen MR) is 66.2 cm³/mol. The predicted octanol–water partition coefficient (Wildman–Crippen LogP) is 1.82. The quantitative estimate of drug-likeness (QED) is 0.771. The number of aromatic nitrogens is 2. The van der Waals surface area contributed by atoms with Crippen molar-refractivity contribution < 1.29 is 14.0 Å². The molecule has 7 heteroatoms. The summed E-state index contributed by atoms with van der Waals surface area (Å²) in [5.74, 6) is -0.764. The van der Waals surface area contributed by atoms with Crippen molar-refractivity contribution >= 4 is 17.8 Å². The summed E-state index contributed by atoms with van der Waals surface area (Å²) in [5.41, 5.74) is 0.968. The zero-order valence-corrected chi connectivity index (χ0v) is 10.0. The molecule has 0 spiro atoms. The Hall–Kier alpha value is -2.70. The molecule has 1 aromatic heterocycles. The van der Waals surface area contributed by atoms with E-state index in [0.29, 0.717) is 5.82 Å². The largest absolute Gasteiger partial charge is 0.327 e. The molecule has 98 valence electrons. The Morgan fingerprint density at radius 1 is 1.26 bits per heavy atom. The summed E-state index contributed by atoms with van der Waals surface area (Å²) in [5, 5.41) is 10.9. The van der Waals surface area contributed by atoms with Crippen LogP contribution in [0.2, 0.25) is 0 Å². The van der Waals surface area contributed by atoms with Crippen LogP contribution in [0.1, 0.15) is 16.1 Å². The van der Waals surface area contributed by atoms with E-state index in [1.54, 1.807) is 13.0 Å². The van der Waals surface area contributed by atoms with Gasteiger partial charge in [0.25, 0.3) is 5.91 Å². The van der Waals surface area contributed by atoms with Crippen molar-refractivity contribution in [3.8, 4) is 0 Å². The third-order valence-corrected chi connectivity index (χ3v) is 2.28. The molecule has 3 amide bonds. The number of anilines is 1. The van der Waals surface area contributed by atoms with Crippen molar-refractivity contribution in [2.45, 2.75) is 6.92 Å². The normalized spacial score (nSPS) is 10.0. The van der Waals surface area contributed by atoms with Crippen LogP contribution >= 0.6 is 0 Å². The average molecular weight is 262 g/mol. The number of rotatable bonds is 2. The van der Waals surface area contributed by atoms with Crippen LogP contribution in [-0.4, -0.2) is 22.1 Å². The SMILES string of the molecule is Cc1cc(NC(=O)NC(=O)c2ccc(F)cc2)n[nH]1. The van der Waals surface area contributed by atoms with Gasteiger partial charge in [-0.1, -0.05) is 0 Å². The Morgan fingerprint density at radius 2 is 1.95 bits per heavy atom. The lowest BCUT2D eigenvalue weighted by atomic mass is 10.2. The van der Waals surface area contributed by atoms with Gasteiger partial charge in [-0.3, -0.25) is 20.5 Å². The van der Waals surface area contributed by atoms with Gasteiger partial charge >= 0.3 is 6.03 Å². The van der Waals surface area contributed by atoms with E-state index in [1.807, 2.05) is 0 Å². The van der Waals surface area contributed by atoms with Gasteiger partial charge in [0, 0.05) is 17.3 Å². The zero-order valence-electron chi connectivity index (χ0n) is 10.0. The molecule has 1 aromatic carbocycles. The number of benzene rings is 1. The highest BCUT2D eigenvalue weighted by Crippen LogP contribution is 2.04. The fourth-order valence-corrected chi connectivity index (χ4v) is 1.41.